The standard InChI is InChI=1S/C22H22F2N2OS/c1-13(2)19-11-21(27-20-8-5-14(3)9-15(20)4)26-22(25-19)28-12-16-6-7-17(23)10-18(16)24/h5-11,13H,12H2,1-4H3. The van der Waals surface area contributed by atoms with Gasteiger partial charge in [-0.25, -0.2) is 13.8 Å². The molecule has 0 spiro atoms. The number of hydrogen-bond donors (Lipinski definition) is 0. The van der Waals surface area contributed by atoms with Gasteiger partial charge < -0.3 is 4.74 Å². The summed E-state index contributed by atoms with van der Waals surface area (Å²) in [4.78, 5) is 9.02. The Hall–Kier alpha value is -2.47. The highest BCUT2D eigenvalue weighted by Crippen LogP contribution is 2.29. The van der Waals surface area contributed by atoms with E-state index in [0.717, 1.165) is 28.6 Å². The smallest absolute Gasteiger partial charge is 0.223 e. The molecule has 0 atom stereocenters. The second kappa shape index (κ2) is 8.69. The summed E-state index contributed by atoms with van der Waals surface area (Å²) in [5.74, 6) is 0.516. The van der Waals surface area contributed by atoms with Crippen molar-refractivity contribution in [2.75, 3.05) is 0 Å². The van der Waals surface area contributed by atoms with Crippen molar-refractivity contribution in [3.8, 4) is 11.6 Å². The Balaban J connectivity index is 1.84. The maximum absolute atomic E-state index is 13.9. The van der Waals surface area contributed by atoms with Crippen molar-refractivity contribution < 1.29 is 13.5 Å². The van der Waals surface area contributed by atoms with Crippen LogP contribution in [-0.2, 0) is 5.75 Å². The van der Waals surface area contributed by atoms with Gasteiger partial charge in [-0.15, -0.1) is 0 Å². The SMILES string of the molecule is Cc1ccc(Oc2cc(C(C)C)nc(SCc3ccc(F)cc3F)n2)c(C)c1. The molecule has 0 saturated carbocycles. The third-order valence-corrected chi connectivity index (χ3v) is 5.11. The lowest BCUT2D eigenvalue weighted by Crippen LogP contribution is -2.00. The molecule has 3 nitrogen and oxygen atoms in total. The van der Waals surface area contributed by atoms with Crippen LogP contribution in [0.25, 0.3) is 0 Å². The van der Waals surface area contributed by atoms with Gasteiger partial charge in [-0.05, 0) is 43.0 Å². The minimum absolute atomic E-state index is 0.186. The first kappa shape index (κ1) is 20.3. The number of halogens is 2. The lowest BCUT2D eigenvalue weighted by molar-refractivity contribution is 0.449. The second-order valence-electron chi connectivity index (χ2n) is 6.96. The van der Waals surface area contributed by atoms with Gasteiger partial charge in [0.15, 0.2) is 5.16 Å². The number of benzene rings is 2. The van der Waals surface area contributed by atoms with Crippen LogP contribution in [0.2, 0.25) is 0 Å². The van der Waals surface area contributed by atoms with Crippen molar-refractivity contribution in [3.05, 3.63) is 76.5 Å². The van der Waals surface area contributed by atoms with Crippen LogP contribution in [0, 0.1) is 25.5 Å². The number of ether oxygens (including phenoxy) is 1. The zero-order valence-electron chi connectivity index (χ0n) is 16.3. The van der Waals surface area contributed by atoms with E-state index in [4.69, 9.17) is 4.74 Å². The summed E-state index contributed by atoms with van der Waals surface area (Å²) in [5, 5.41) is 0.495. The Morgan fingerprint density at radius 3 is 2.46 bits per heavy atom. The number of aromatic nitrogens is 2. The zero-order chi connectivity index (χ0) is 20.3. The predicted octanol–water partition coefficient (Wildman–Crippen LogP) is 6.58. The van der Waals surface area contributed by atoms with Crippen LogP contribution in [0.3, 0.4) is 0 Å². The fraction of sp³-hybridized carbons (Fsp3) is 0.273. The van der Waals surface area contributed by atoms with E-state index in [-0.39, 0.29) is 5.92 Å². The van der Waals surface area contributed by atoms with E-state index >= 15 is 0 Å². The molecule has 0 aliphatic rings. The monoisotopic (exact) mass is 400 g/mol. The van der Waals surface area contributed by atoms with Gasteiger partial charge in [0.05, 0.1) is 5.69 Å². The first-order valence-electron chi connectivity index (χ1n) is 9.02. The molecule has 3 aromatic rings. The summed E-state index contributed by atoms with van der Waals surface area (Å²) in [5.41, 5.74) is 3.43. The van der Waals surface area contributed by atoms with E-state index in [1.54, 1.807) is 0 Å². The minimum Gasteiger partial charge on any atom is -0.439 e. The number of hydrogen-bond acceptors (Lipinski definition) is 4. The number of thioether (sulfide) groups is 1. The normalized spacial score (nSPS) is 11.1. The summed E-state index contributed by atoms with van der Waals surface area (Å²) >= 11 is 1.29. The van der Waals surface area contributed by atoms with Gasteiger partial charge in [0, 0.05) is 17.9 Å². The minimum atomic E-state index is -0.589. The molecule has 0 N–H and O–H groups in total. The maximum atomic E-state index is 13.9. The van der Waals surface area contributed by atoms with Gasteiger partial charge in [-0.3, -0.25) is 0 Å². The first-order valence-corrected chi connectivity index (χ1v) is 10.0. The molecule has 146 valence electrons. The van der Waals surface area contributed by atoms with Gasteiger partial charge >= 0.3 is 0 Å². The highest BCUT2D eigenvalue weighted by Gasteiger charge is 2.12. The maximum Gasteiger partial charge on any atom is 0.223 e. The van der Waals surface area contributed by atoms with E-state index in [9.17, 15) is 8.78 Å². The molecular weight excluding hydrogens is 378 g/mol. The number of rotatable bonds is 6. The zero-order valence-corrected chi connectivity index (χ0v) is 17.1. The van der Waals surface area contributed by atoms with Crippen LogP contribution in [0.15, 0.2) is 47.6 Å². The van der Waals surface area contributed by atoms with Crippen molar-refractivity contribution in [1.29, 1.82) is 0 Å². The Morgan fingerprint density at radius 1 is 1.00 bits per heavy atom. The van der Waals surface area contributed by atoms with Gasteiger partial charge in [0.1, 0.15) is 17.4 Å². The highest BCUT2D eigenvalue weighted by atomic mass is 32.2. The summed E-state index contributed by atoms with van der Waals surface area (Å²) in [7, 11) is 0. The number of nitrogens with zero attached hydrogens (tertiary/aromatic N) is 2. The van der Waals surface area contributed by atoms with E-state index in [1.807, 2.05) is 52.0 Å². The molecule has 6 heteroatoms. The molecule has 0 unspecified atom stereocenters. The van der Waals surface area contributed by atoms with Crippen LogP contribution >= 0.6 is 11.8 Å². The Labute approximate surface area is 168 Å². The van der Waals surface area contributed by atoms with Crippen LogP contribution < -0.4 is 4.74 Å². The summed E-state index contributed by atoms with van der Waals surface area (Å²) in [6, 6.07) is 11.4. The fourth-order valence-corrected chi connectivity index (χ4v) is 3.48. The van der Waals surface area contributed by atoms with Crippen molar-refractivity contribution in [2.24, 2.45) is 0 Å². The molecule has 28 heavy (non-hydrogen) atoms. The largest absolute Gasteiger partial charge is 0.439 e. The average molecular weight is 400 g/mol. The molecule has 1 heterocycles. The summed E-state index contributed by atoms with van der Waals surface area (Å²) in [6.45, 7) is 8.09. The molecule has 0 aliphatic heterocycles. The van der Waals surface area contributed by atoms with E-state index in [0.29, 0.717) is 22.4 Å². The number of aryl methyl sites for hydroxylation is 2. The molecule has 0 radical (unpaired) electrons. The van der Waals surface area contributed by atoms with Gasteiger partial charge in [0.2, 0.25) is 5.88 Å². The van der Waals surface area contributed by atoms with Crippen molar-refractivity contribution in [1.82, 2.24) is 9.97 Å². The van der Waals surface area contributed by atoms with Gasteiger partial charge in [-0.1, -0.05) is 49.4 Å². The van der Waals surface area contributed by atoms with Crippen molar-refractivity contribution in [3.63, 3.8) is 0 Å². The van der Waals surface area contributed by atoms with Crippen molar-refractivity contribution >= 4 is 11.8 Å². The molecule has 0 fully saturated rings. The van der Waals surface area contributed by atoms with Crippen LogP contribution in [0.5, 0.6) is 11.6 Å². The second-order valence-corrected chi connectivity index (χ2v) is 7.91. The van der Waals surface area contributed by atoms with Gasteiger partial charge in [0.25, 0.3) is 0 Å². The summed E-state index contributed by atoms with van der Waals surface area (Å²) in [6.07, 6.45) is 0. The topological polar surface area (TPSA) is 35.0 Å². The van der Waals surface area contributed by atoms with E-state index in [2.05, 4.69) is 9.97 Å². The van der Waals surface area contributed by atoms with Crippen LogP contribution in [0.4, 0.5) is 8.78 Å². The van der Waals surface area contributed by atoms with Crippen LogP contribution in [-0.4, -0.2) is 9.97 Å². The van der Waals surface area contributed by atoms with Gasteiger partial charge in [-0.2, -0.15) is 4.98 Å². The van der Waals surface area contributed by atoms with Crippen molar-refractivity contribution in [2.45, 2.75) is 44.5 Å². The average Bonchev–Trinajstić information content (AvgIpc) is 2.63. The van der Waals surface area contributed by atoms with Crippen LogP contribution in [0.1, 0.15) is 42.1 Å². The Morgan fingerprint density at radius 2 is 1.79 bits per heavy atom. The molecule has 0 bridgehead atoms. The molecule has 1 aromatic heterocycles. The molecule has 3 rings (SSSR count). The third kappa shape index (κ3) is 5.07. The third-order valence-electron chi connectivity index (χ3n) is 4.21. The molecule has 2 aromatic carbocycles. The van der Waals surface area contributed by atoms with E-state index in [1.165, 1.54) is 23.9 Å². The van der Waals surface area contributed by atoms with E-state index < -0.39 is 11.6 Å². The predicted molar refractivity (Wildman–Crippen MR) is 108 cm³/mol. The first-order chi connectivity index (χ1) is 13.3. The molecule has 0 amide bonds. The molecular formula is C22H22F2N2OS. The molecule has 0 aliphatic carbocycles. The molecule has 0 saturated heterocycles. The fourth-order valence-electron chi connectivity index (χ4n) is 2.64. The highest BCUT2D eigenvalue weighted by molar-refractivity contribution is 7.98. The summed E-state index contributed by atoms with van der Waals surface area (Å²) < 4.78 is 33.0. The Kier molecular flexibility index (Phi) is 6.29. The lowest BCUT2D eigenvalue weighted by atomic mass is 10.1. The Bertz CT molecular complexity index is 992. The lowest BCUT2D eigenvalue weighted by Gasteiger charge is -2.12. The quantitative estimate of drug-likeness (QED) is 0.346.